The number of nitrogens with zero attached hydrogens (tertiary/aromatic N) is 1. The van der Waals surface area contributed by atoms with Crippen molar-refractivity contribution in [3.8, 4) is 0 Å². The topological polar surface area (TPSA) is 12.4 Å². The molecule has 72 valence electrons. The zero-order valence-corrected chi connectivity index (χ0v) is 8.73. The second kappa shape index (κ2) is 8.32. The Hall–Kier alpha value is -1.28. The molecule has 2 heteroatoms. The van der Waals surface area contributed by atoms with E-state index in [0.717, 1.165) is 6.42 Å². The first-order valence-corrected chi connectivity index (χ1v) is 5.41. The Bertz CT molecular complexity index is 246. The summed E-state index contributed by atoms with van der Waals surface area (Å²) < 4.78 is 0. The van der Waals surface area contributed by atoms with Crippen molar-refractivity contribution in [2.75, 3.05) is 0 Å². The molecule has 1 heterocycles. The van der Waals surface area contributed by atoms with Crippen LogP contribution in [0.15, 0.2) is 64.5 Å². The van der Waals surface area contributed by atoms with Gasteiger partial charge in [0.1, 0.15) is 0 Å². The van der Waals surface area contributed by atoms with E-state index in [1.165, 1.54) is 0 Å². The second-order valence-corrected chi connectivity index (χ2v) is 3.34. The smallest absolute Gasteiger partial charge is 0.0334 e. The minimum atomic E-state index is 1.08. The number of thioether (sulfide) groups is 1. The van der Waals surface area contributed by atoms with Crippen molar-refractivity contribution in [1.29, 1.82) is 0 Å². The number of allylic oxidation sites excluding steroid dienone is 7. The summed E-state index contributed by atoms with van der Waals surface area (Å²) in [6.45, 7) is 0. The van der Waals surface area contributed by atoms with Crippen molar-refractivity contribution in [3.05, 3.63) is 59.5 Å². The van der Waals surface area contributed by atoms with Gasteiger partial charge >= 0.3 is 0 Å². The normalized spacial score (nSPS) is 17.1. The van der Waals surface area contributed by atoms with Gasteiger partial charge in [0, 0.05) is 12.4 Å². The van der Waals surface area contributed by atoms with E-state index in [0.29, 0.717) is 0 Å². The van der Waals surface area contributed by atoms with Crippen LogP contribution in [0.25, 0.3) is 0 Å². The first-order chi connectivity index (χ1) is 7.00. The van der Waals surface area contributed by atoms with Crippen molar-refractivity contribution in [1.82, 2.24) is 0 Å². The maximum absolute atomic E-state index is 3.86. The predicted molar refractivity (Wildman–Crippen MR) is 66.4 cm³/mol. The van der Waals surface area contributed by atoms with Gasteiger partial charge in [0.2, 0.25) is 0 Å². The Labute approximate surface area is 89.3 Å². The summed E-state index contributed by atoms with van der Waals surface area (Å²) in [7, 11) is 0. The van der Waals surface area contributed by atoms with Gasteiger partial charge in [-0.15, -0.1) is 11.8 Å². The fourth-order valence-electron chi connectivity index (χ4n) is 0.817. The highest BCUT2D eigenvalue weighted by Crippen LogP contribution is 2.04. The average molecular weight is 203 g/mol. The molecule has 0 saturated heterocycles. The highest BCUT2D eigenvalue weighted by molar-refractivity contribution is 8.04. The molecule has 0 aromatic rings. The van der Waals surface area contributed by atoms with Crippen LogP contribution >= 0.6 is 11.8 Å². The monoisotopic (exact) mass is 203 g/mol. The SMILES string of the molecule is C1=CC=CCC=C1.C1=CSC=CN=C1. The summed E-state index contributed by atoms with van der Waals surface area (Å²) in [5, 5.41) is 3.91. The van der Waals surface area contributed by atoms with Crippen LogP contribution in [0.4, 0.5) is 0 Å². The third kappa shape index (κ3) is 6.26. The Morgan fingerprint density at radius 2 is 1.64 bits per heavy atom. The van der Waals surface area contributed by atoms with Crippen LogP contribution in [0.5, 0.6) is 0 Å². The lowest BCUT2D eigenvalue weighted by molar-refractivity contribution is 1.41. The molecule has 1 nitrogen and oxygen atoms in total. The van der Waals surface area contributed by atoms with Crippen molar-refractivity contribution in [3.63, 3.8) is 0 Å². The third-order valence-electron chi connectivity index (χ3n) is 1.43. The molecule has 0 spiro atoms. The van der Waals surface area contributed by atoms with Gasteiger partial charge in [-0.2, -0.15) is 0 Å². The standard InChI is InChI=1S/C7H8.C5H5NS/c1-2-4-6-7-5-3-1;1-2-6-3-5-7-4-1/h1-6H,7H2;1-5H. The van der Waals surface area contributed by atoms with Gasteiger partial charge in [-0.1, -0.05) is 36.5 Å². The molecular formula is C12H13NS. The summed E-state index contributed by atoms with van der Waals surface area (Å²) >= 11 is 1.63. The molecule has 14 heavy (non-hydrogen) atoms. The van der Waals surface area contributed by atoms with E-state index in [1.54, 1.807) is 24.2 Å². The second-order valence-electron chi connectivity index (χ2n) is 2.52. The molecule has 2 aliphatic rings. The van der Waals surface area contributed by atoms with E-state index in [4.69, 9.17) is 0 Å². The average Bonchev–Trinajstić information content (AvgIpc) is 2.68. The van der Waals surface area contributed by atoms with Crippen LogP contribution in [0.2, 0.25) is 0 Å². The van der Waals surface area contributed by atoms with Gasteiger partial charge in [-0.3, -0.25) is 4.99 Å². The molecule has 1 aliphatic carbocycles. The summed E-state index contributed by atoms with van der Waals surface area (Å²) in [5.74, 6) is 0. The number of hydrogen-bond donors (Lipinski definition) is 0. The van der Waals surface area contributed by atoms with Gasteiger partial charge in [-0.05, 0) is 23.3 Å². The van der Waals surface area contributed by atoms with E-state index in [9.17, 15) is 0 Å². The van der Waals surface area contributed by atoms with E-state index in [1.807, 2.05) is 29.0 Å². The van der Waals surface area contributed by atoms with Crippen LogP contribution in [0, 0.1) is 0 Å². The van der Waals surface area contributed by atoms with E-state index in [2.05, 4.69) is 29.3 Å². The van der Waals surface area contributed by atoms with Crippen LogP contribution in [-0.2, 0) is 0 Å². The molecular weight excluding hydrogens is 190 g/mol. The van der Waals surface area contributed by atoms with Crippen molar-refractivity contribution >= 4 is 18.0 Å². The fourth-order valence-corrected chi connectivity index (χ4v) is 1.21. The van der Waals surface area contributed by atoms with E-state index >= 15 is 0 Å². The maximum Gasteiger partial charge on any atom is 0.0334 e. The molecule has 0 N–H and O–H groups in total. The predicted octanol–water partition coefficient (Wildman–Crippen LogP) is 3.85. The zero-order chi connectivity index (χ0) is 9.90. The van der Waals surface area contributed by atoms with Crippen LogP contribution in [-0.4, -0.2) is 6.21 Å². The van der Waals surface area contributed by atoms with E-state index in [-0.39, 0.29) is 0 Å². The summed E-state index contributed by atoms with van der Waals surface area (Å²) in [6, 6.07) is 0. The maximum atomic E-state index is 3.86. The Balaban J connectivity index is 0.000000140. The largest absolute Gasteiger partial charge is 0.264 e. The van der Waals surface area contributed by atoms with E-state index < -0.39 is 0 Å². The van der Waals surface area contributed by atoms with Crippen LogP contribution in [0.1, 0.15) is 6.42 Å². The molecule has 0 bridgehead atoms. The molecule has 0 amide bonds. The minimum absolute atomic E-state index is 1.08. The Morgan fingerprint density at radius 3 is 2.43 bits per heavy atom. The summed E-state index contributed by atoms with van der Waals surface area (Å²) in [4.78, 5) is 3.86. The minimum Gasteiger partial charge on any atom is -0.264 e. The molecule has 0 aromatic carbocycles. The number of aliphatic imine (C=N–C) groups is 1. The van der Waals surface area contributed by atoms with Gasteiger partial charge in [0.25, 0.3) is 0 Å². The number of hydrogen-bond acceptors (Lipinski definition) is 2. The van der Waals surface area contributed by atoms with Crippen molar-refractivity contribution in [2.45, 2.75) is 6.42 Å². The quantitative estimate of drug-likeness (QED) is 0.582. The van der Waals surface area contributed by atoms with Gasteiger partial charge < -0.3 is 0 Å². The highest BCUT2D eigenvalue weighted by Gasteiger charge is 1.72. The molecule has 0 unspecified atom stereocenters. The molecule has 0 fully saturated rings. The third-order valence-corrected chi connectivity index (χ3v) is 2.03. The van der Waals surface area contributed by atoms with Crippen molar-refractivity contribution in [2.24, 2.45) is 4.99 Å². The van der Waals surface area contributed by atoms with Crippen molar-refractivity contribution < 1.29 is 0 Å². The Kier molecular flexibility index (Phi) is 6.42. The molecule has 0 aromatic heterocycles. The molecule has 0 radical (unpaired) electrons. The van der Waals surface area contributed by atoms with Crippen LogP contribution < -0.4 is 0 Å². The lowest BCUT2D eigenvalue weighted by Crippen LogP contribution is -1.52. The highest BCUT2D eigenvalue weighted by atomic mass is 32.2. The zero-order valence-electron chi connectivity index (χ0n) is 7.91. The molecule has 1 aliphatic heterocycles. The number of rotatable bonds is 0. The van der Waals surface area contributed by atoms with Gasteiger partial charge in [0.05, 0.1) is 0 Å². The van der Waals surface area contributed by atoms with Gasteiger partial charge in [0.15, 0.2) is 0 Å². The van der Waals surface area contributed by atoms with Crippen LogP contribution in [0.3, 0.4) is 0 Å². The Morgan fingerprint density at radius 1 is 0.857 bits per heavy atom. The lowest BCUT2D eigenvalue weighted by Gasteiger charge is -1.69. The first kappa shape index (κ1) is 10.8. The van der Waals surface area contributed by atoms with Gasteiger partial charge in [-0.25, -0.2) is 0 Å². The lowest BCUT2D eigenvalue weighted by atomic mass is 10.4. The first-order valence-electron chi connectivity index (χ1n) is 4.47. The molecule has 0 saturated carbocycles. The molecule has 2 rings (SSSR count). The molecule has 0 atom stereocenters. The summed E-state index contributed by atoms with van der Waals surface area (Å²) in [6.07, 6.45) is 18.9. The fraction of sp³-hybridized carbons (Fsp3) is 0.0833. The summed E-state index contributed by atoms with van der Waals surface area (Å²) in [5.41, 5.74) is 0.